The van der Waals surface area contributed by atoms with E-state index in [-0.39, 0.29) is 52.4 Å². The number of hydrogen-bond acceptors (Lipinski definition) is 10. The van der Waals surface area contributed by atoms with Crippen LogP contribution in [0, 0.1) is 20.2 Å². The number of thiophene rings is 1. The zero-order valence-corrected chi connectivity index (χ0v) is 22.8. The Bertz CT molecular complexity index is 1660. The molecule has 1 N–H and O–H groups in total. The van der Waals surface area contributed by atoms with Crippen molar-refractivity contribution >= 4 is 44.5 Å². The Labute approximate surface area is 236 Å². The lowest BCUT2D eigenvalue weighted by Crippen LogP contribution is -2.46. The van der Waals surface area contributed by atoms with Gasteiger partial charge in [0.25, 0.3) is 27.3 Å². The molecule has 0 unspecified atom stereocenters. The van der Waals surface area contributed by atoms with Crippen molar-refractivity contribution in [3.63, 3.8) is 0 Å². The van der Waals surface area contributed by atoms with Crippen LogP contribution in [-0.2, 0) is 16.6 Å². The molecule has 1 aliphatic heterocycles. The van der Waals surface area contributed by atoms with Gasteiger partial charge in [0.15, 0.2) is 6.54 Å². The molecule has 1 aromatic heterocycles. The van der Waals surface area contributed by atoms with Crippen molar-refractivity contribution in [2.24, 2.45) is 10.2 Å². The van der Waals surface area contributed by atoms with Crippen molar-refractivity contribution in [1.29, 1.82) is 0 Å². The number of carbonyl (C=O) groups is 2. The van der Waals surface area contributed by atoms with Gasteiger partial charge in [-0.3, -0.25) is 29.8 Å². The second-order valence-corrected chi connectivity index (χ2v) is 12.1. The summed E-state index contributed by atoms with van der Waals surface area (Å²) in [6.45, 7) is 0.290. The van der Waals surface area contributed by atoms with Crippen LogP contribution in [0.5, 0.6) is 0 Å². The van der Waals surface area contributed by atoms with Crippen LogP contribution in [0.2, 0.25) is 0 Å². The summed E-state index contributed by atoms with van der Waals surface area (Å²) in [4.78, 5) is 49.3. The van der Waals surface area contributed by atoms with Gasteiger partial charge < -0.3 is 5.32 Å². The van der Waals surface area contributed by atoms with E-state index in [4.69, 9.17) is 0 Å². The molecule has 0 aliphatic carbocycles. The maximum Gasteiger partial charge on any atom is 0.360 e. The summed E-state index contributed by atoms with van der Waals surface area (Å²) in [6.07, 6.45) is 0.671. The van der Waals surface area contributed by atoms with Gasteiger partial charge in [0.2, 0.25) is 10.0 Å². The van der Waals surface area contributed by atoms with Crippen molar-refractivity contribution in [2.45, 2.75) is 29.6 Å². The van der Waals surface area contributed by atoms with E-state index in [1.807, 2.05) is 0 Å². The SMILES string of the molecule is O=C(N=[N+]=NCc1ccc(S(=O)(=O)N2CCC(NC(=O)c3ccccc3[N+](=O)[O-])CC2)s1)c1ccc([N+](=O)[O-])cc1. The molecule has 17 heteroatoms. The van der Waals surface area contributed by atoms with Gasteiger partial charge in [-0.25, -0.2) is 8.42 Å². The quantitative estimate of drug-likeness (QED) is 0.166. The van der Waals surface area contributed by atoms with Crippen molar-refractivity contribution in [2.75, 3.05) is 13.1 Å². The minimum Gasteiger partial charge on any atom is -0.349 e. The zero-order valence-electron chi connectivity index (χ0n) is 21.2. The van der Waals surface area contributed by atoms with Gasteiger partial charge in [-0.15, -0.1) is 11.3 Å². The number of nitrogens with one attached hydrogen (secondary N) is 1. The fourth-order valence-corrected chi connectivity index (χ4v) is 6.89. The summed E-state index contributed by atoms with van der Waals surface area (Å²) < 4.78 is 27.7. The van der Waals surface area contributed by atoms with Gasteiger partial charge in [-0.2, -0.15) is 4.31 Å². The number of non-ortho nitro benzene ring substituents is 1. The second kappa shape index (κ2) is 12.6. The van der Waals surface area contributed by atoms with E-state index < -0.39 is 31.7 Å². The highest BCUT2D eigenvalue weighted by atomic mass is 32.2. The maximum atomic E-state index is 13.1. The van der Waals surface area contributed by atoms with Crippen LogP contribution in [0.3, 0.4) is 0 Å². The van der Waals surface area contributed by atoms with Crippen molar-refractivity contribution in [3.8, 4) is 0 Å². The lowest BCUT2D eigenvalue weighted by molar-refractivity contribution is -0.385. The molecular formula is C24H22N7O8S2+. The first-order chi connectivity index (χ1) is 19.6. The minimum atomic E-state index is -3.80. The standard InChI is InChI=1S/C24H21N7O8S2/c32-23(16-5-7-18(8-6-16)30(34)35)27-28-25-15-19-9-10-22(40-19)41(38,39)29-13-11-17(12-14-29)26-24(33)20-3-1-2-4-21(20)31(36)37/h1-10,17H,11-15H2/p+1. The van der Waals surface area contributed by atoms with Crippen LogP contribution in [0.1, 0.15) is 38.4 Å². The molecule has 1 fully saturated rings. The van der Waals surface area contributed by atoms with E-state index in [1.54, 1.807) is 6.07 Å². The Kier molecular flexibility index (Phi) is 9.04. The molecule has 0 radical (unpaired) electrons. The molecule has 2 amide bonds. The second-order valence-electron chi connectivity index (χ2n) is 8.74. The fraction of sp³-hybridized carbons (Fsp3) is 0.250. The molecule has 2 aromatic carbocycles. The van der Waals surface area contributed by atoms with Gasteiger partial charge >= 0.3 is 5.91 Å². The van der Waals surface area contributed by atoms with Crippen LogP contribution in [-0.4, -0.2) is 53.5 Å². The van der Waals surface area contributed by atoms with Crippen molar-refractivity contribution in [1.82, 2.24) is 14.5 Å². The molecule has 41 heavy (non-hydrogen) atoms. The molecule has 3 aromatic rings. The molecule has 1 aliphatic rings. The van der Waals surface area contributed by atoms with Gasteiger partial charge in [0.05, 0.1) is 9.85 Å². The number of para-hydroxylation sites is 1. The number of piperidine rings is 1. The highest BCUT2D eigenvalue weighted by molar-refractivity contribution is 7.91. The molecule has 212 valence electrons. The number of nitro groups is 2. The summed E-state index contributed by atoms with van der Waals surface area (Å²) in [5.41, 5.74) is -0.426. The number of nitrogens with zero attached hydrogens (tertiary/aromatic N) is 6. The van der Waals surface area contributed by atoms with Crippen molar-refractivity contribution < 1.29 is 27.9 Å². The van der Waals surface area contributed by atoms with Crippen LogP contribution in [0.25, 0.3) is 0 Å². The van der Waals surface area contributed by atoms with Gasteiger partial charge in [0.1, 0.15) is 14.9 Å². The average molecular weight is 601 g/mol. The van der Waals surface area contributed by atoms with E-state index >= 15 is 0 Å². The van der Waals surface area contributed by atoms with E-state index in [0.29, 0.717) is 17.7 Å². The normalized spacial score (nSPS) is 14.0. The third-order valence-electron chi connectivity index (χ3n) is 6.12. The highest BCUT2D eigenvalue weighted by Gasteiger charge is 2.32. The first-order valence-electron chi connectivity index (χ1n) is 12.1. The number of hydrogen-bond donors (Lipinski definition) is 1. The average Bonchev–Trinajstić information content (AvgIpc) is 3.45. The number of nitro benzene ring substituents is 2. The first-order valence-corrected chi connectivity index (χ1v) is 14.3. The van der Waals surface area contributed by atoms with Gasteiger partial charge in [-0.05, 0) is 43.2 Å². The number of carbonyl (C=O) groups excluding carboxylic acids is 2. The number of amides is 2. The monoisotopic (exact) mass is 600 g/mol. The third kappa shape index (κ3) is 7.09. The van der Waals surface area contributed by atoms with E-state index in [2.05, 4.69) is 20.5 Å². The smallest absolute Gasteiger partial charge is 0.349 e. The molecule has 15 nitrogen and oxygen atoms in total. The van der Waals surface area contributed by atoms with Gasteiger partial charge in [0, 0.05) is 47.8 Å². The molecular weight excluding hydrogens is 578 g/mol. The largest absolute Gasteiger partial charge is 0.360 e. The topological polar surface area (TPSA) is 209 Å². The van der Waals surface area contributed by atoms with E-state index in [1.165, 1.54) is 58.9 Å². The summed E-state index contributed by atoms with van der Waals surface area (Å²) in [7, 11) is -3.80. The highest BCUT2D eigenvalue weighted by Crippen LogP contribution is 2.28. The number of benzene rings is 2. The fourth-order valence-electron chi connectivity index (χ4n) is 3.99. The minimum absolute atomic E-state index is 0.0169. The molecule has 0 saturated carbocycles. The Balaban J connectivity index is 1.31. The number of rotatable bonds is 9. The Morgan fingerprint density at radius 3 is 2.34 bits per heavy atom. The summed E-state index contributed by atoms with van der Waals surface area (Å²) >= 11 is 0.999. The van der Waals surface area contributed by atoms with Crippen LogP contribution in [0.4, 0.5) is 11.4 Å². The predicted molar refractivity (Wildman–Crippen MR) is 145 cm³/mol. The van der Waals surface area contributed by atoms with E-state index in [9.17, 15) is 38.2 Å². The molecule has 0 atom stereocenters. The Hall–Kier alpha value is -4.70. The Morgan fingerprint density at radius 1 is 1.00 bits per heavy atom. The van der Waals surface area contributed by atoms with Crippen LogP contribution < -0.4 is 10.2 Å². The predicted octanol–water partition coefficient (Wildman–Crippen LogP) is 3.46. The third-order valence-corrected chi connectivity index (χ3v) is 9.55. The number of sulfonamides is 1. The van der Waals surface area contributed by atoms with Crippen LogP contribution >= 0.6 is 11.3 Å². The Morgan fingerprint density at radius 2 is 1.68 bits per heavy atom. The zero-order chi connectivity index (χ0) is 29.6. The van der Waals surface area contributed by atoms with Gasteiger partial charge in [-0.1, -0.05) is 12.1 Å². The molecule has 0 spiro atoms. The first kappa shape index (κ1) is 29.3. The summed E-state index contributed by atoms with van der Waals surface area (Å²) in [5, 5.41) is 31.9. The lowest BCUT2D eigenvalue weighted by atomic mass is 10.1. The molecule has 2 heterocycles. The molecule has 0 bridgehead atoms. The maximum absolute atomic E-state index is 13.1. The van der Waals surface area contributed by atoms with Crippen LogP contribution in [0.15, 0.2) is 75.1 Å². The summed E-state index contributed by atoms with van der Waals surface area (Å²) in [6, 6.07) is 13.1. The van der Waals surface area contributed by atoms with E-state index in [0.717, 1.165) is 11.3 Å². The molecule has 4 rings (SSSR count). The summed E-state index contributed by atoms with van der Waals surface area (Å²) in [5.74, 6) is -1.32. The van der Waals surface area contributed by atoms with Crippen molar-refractivity contribution in [3.05, 3.63) is 96.9 Å². The molecule has 1 saturated heterocycles. The lowest BCUT2D eigenvalue weighted by Gasteiger charge is -2.31.